The fraction of sp³-hybridized carbons (Fsp3) is 1.00. The molecule has 0 saturated heterocycles. The second kappa shape index (κ2) is 4.36. The Kier molecular flexibility index (Phi) is 3.73. The summed E-state index contributed by atoms with van der Waals surface area (Å²) in [6.07, 6.45) is 3.80. The van der Waals surface area contributed by atoms with E-state index in [2.05, 4.69) is 13.8 Å². The monoisotopic (exact) mass is 174 g/mol. The second-order valence-corrected chi connectivity index (χ2v) is 5.25. The van der Waals surface area contributed by atoms with E-state index in [-0.39, 0.29) is 6.10 Å². The van der Waals surface area contributed by atoms with Crippen LogP contribution in [0.2, 0.25) is 0 Å². The predicted molar refractivity (Wildman–Crippen MR) is 50.9 cm³/mol. The molecule has 1 unspecified atom stereocenters. The molecule has 2 heteroatoms. The van der Waals surface area contributed by atoms with Gasteiger partial charge in [0.2, 0.25) is 0 Å². The van der Waals surface area contributed by atoms with E-state index < -0.39 is 0 Å². The van der Waals surface area contributed by atoms with Gasteiger partial charge in [0.25, 0.3) is 0 Å². The fourth-order valence-corrected chi connectivity index (χ4v) is 2.11. The molecule has 11 heavy (non-hydrogen) atoms. The molecule has 0 amide bonds. The fourth-order valence-electron chi connectivity index (χ4n) is 1.25. The van der Waals surface area contributed by atoms with Crippen LogP contribution in [0.15, 0.2) is 0 Å². The second-order valence-electron chi connectivity index (χ2n) is 3.64. The number of thioether (sulfide) groups is 1. The summed E-state index contributed by atoms with van der Waals surface area (Å²) in [5.74, 6) is 1.56. The molecule has 1 aliphatic rings. The van der Waals surface area contributed by atoms with E-state index in [1.807, 2.05) is 11.8 Å². The molecule has 0 aliphatic heterocycles. The third-order valence-electron chi connectivity index (χ3n) is 2.29. The van der Waals surface area contributed by atoms with E-state index in [9.17, 15) is 5.11 Å². The molecule has 0 heterocycles. The number of aliphatic hydroxyl groups excluding tert-OH is 1. The van der Waals surface area contributed by atoms with Crippen LogP contribution in [0.1, 0.15) is 33.1 Å². The average Bonchev–Trinajstić information content (AvgIpc) is 1.79. The van der Waals surface area contributed by atoms with Gasteiger partial charge in [0, 0.05) is 5.75 Å². The van der Waals surface area contributed by atoms with E-state index >= 15 is 0 Å². The van der Waals surface area contributed by atoms with E-state index in [0.717, 1.165) is 5.75 Å². The van der Waals surface area contributed by atoms with Crippen molar-refractivity contribution in [3.8, 4) is 0 Å². The van der Waals surface area contributed by atoms with Crippen molar-refractivity contribution in [3.05, 3.63) is 0 Å². The van der Waals surface area contributed by atoms with Crippen LogP contribution in [0.25, 0.3) is 0 Å². The zero-order valence-electron chi connectivity index (χ0n) is 7.42. The number of rotatable bonds is 4. The highest BCUT2D eigenvalue weighted by Crippen LogP contribution is 2.31. The van der Waals surface area contributed by atoms with Crippen molar-refractivity contribution in [2.75, 3.05) is 5.75 Å². The van der Waals surface area contributed by atoms with Crippen molar-refractivity contribution in [2.24, 2.45) is 5.92 Å². The van der Waals surface area contributed by atoms with Gasteiger partial charge in [0.05, 0.1) is 6.10 Å². The maximum Gasteiger partial charge on any atom is 0.0658 e. The first-order chi connectivity index (χ1) is 5.20. The van der Waals surface area contributed by atoms with Gasteiger partial charge in [-0.25, -0.2) is 0 Å². The number of aliphatic hydroxyl groups is 1. The van der Waals surface area contributed by atoms with Crippen LogP contribution in [0.4, 0.5) is 0 Å². The third kappa shape index (κ3) is 3.04. The maximum atomic E-state index is 9.60. The molecule has 66 valence electrons. The van der Waals surface area contributed by atoms with Crippen LogP contribution in [0, 0.1) is 5.92 Å². The van der Waals surface area contributed by atoms with Gasteiger partial charge in [-0.15, -0.1) is 0 Å². The summed E-state index contributed by atoms with van der Waals surface area (Å²) < 4.78 is 0. The van der Waals surface area contributed by atoms with Gasteiger partial charge >= 0.3 is 0 Å². The van der Waals surface area contributed by atoms with Crippen molar-refractivity contribution in [3.63, 3.8) is 0 Å². The Bertz CT molecular complexity index is 110. The summed E-state index contributed by atoms with van der Waals surface area (Å²) in [5.41, 5.74) is 0. The van der Waals surface area contributed by atoms with Crippen molar-refractivity contribution in [1.29, 1.82) is 0 Å². The first-order valence-corrected chi connectivity index (χ1v) is 5.54. The van der Waals surface area contributed by atoms with Gasteiger partial charge in [-0.2, -0.15) is 11.8 Å². The summed E-state index contributed by atoms with van der Waals surface area (Å²) in [7, 11) is 0. The Balaban J connectivity index is 2.05. The van der Waals surface area contributed by atoms with Crippen molar-refractivity contribution >= 4 is 11.8 Å². The Morgan fingerprint density at radius 1 is 1.45 bits per heavy atom. The number of hydrogen-bond acceptors (Lipinski definition) is 2. The van der Waals surface area contributed by atoms with E-state index in [0.29, 0.717) is 11.2 Å². The Hall–Kier alpha value is 0.310. The molecule has 0 radical (unpaired) electrons. The Labute approximate surface area is 73.6 Å². The van der Waals surface area contributed by atoms with E-state index in [1.165, 1.54) is 19.3 Å². The summed E-state index contributed by atoms with van der Waals surface area (Å²) in [6, 6.07) is 0. The minimum absolute atomic E-state index is 0.0313. The summed E-state index contributed by atoms with van der Waals surface area (Å²) in [5, 5.41) is 10.3. The lowest BCUT2D eigenvalue weighted by Gasteiger charge is -2.30. The van der Waals surface area contributed by atoms with Crippen LogP contribution in [-0.2, 0) is 0 Å². The van der Waals surface area contributed by atoms with Crippen LogP contribution < -0.4 is 0 Å². The summed E-state index contributed by atoms with van der Waals surface area (Å²) >= 11 is 1.87. The molecule has 0 aromatic rings. The average molecular weight is 174 g/mol. The first kappa shape index (κ1) is 9.40. The van der Waals surface area contributed by atoms with Crippen molar-refractivity contribution in [1.82, 2.24) is 0 Å². The highest BCUT2D eigenvalue weighted by Gasteiger charge is 2.25. The molecular formula is C9H18OS. The van der Waals surface area contributed by atoms with Gasteiger partial charge in [-0.05, 0) is 24.0 Å². The molecule has 0 aromatic heterocycles. The van der Waals surface area contributed by atoms with Gasteiger partial charge in [-0.3, -0.25) is 0 Å². The smallest absolute Gasteiger partial charge is 0.0658 e. The zero-order chi connectivity index (χ0) is 8.27. The minimum Gasteiger partial charge on any atom is -0.392 e. The summed E-state index contributed by atoms with van der Waals surface area (Å²) in [6.45, 7) is 4.36. The van der Waals surface area contributed by atoms with Crippen LogP contribution in [0.3, 0.4) is 0 Å². The van der Waals surface area contributed by atoms with Crippen LogP contribution in [-0.4, -0.2) is 22.2 Å². The topological polar surface area (TPSA) is 20.2 Å². The standard InChI is InChI=1S/C9H18OS/c1-7(2)11-6-9(10)8-4-3-5-8/h7-10H,3-6H2,1-2H3. The molecule has 1 N–H and O–H groups in total. The van der Waals surface area contributed by atoms with Crippen LogP contribution in [0.5, 0.6) is 0 Å². The summed E-state index contributed by atoms with van der Waals surface area (Å²) in [4.78, 5) is 0. The molecule has 0 aromatic carbocycles. The first-order valence-electron chi connectivity index (χ1n) is 4.50. The van der Waals surface area contributed by atoms with Crippen molar-refractivity contribution < 1.29 is 5.11 Å². The van der Waals surface area contributed by atoms with Crippen LogP contribution >= 0.6 is 11.8 Å². The normalized spacial score (nSPS) is 21.8. The highest BCUT2D eigenvalue weighted by atomic mass is 32.2. The lowest BCUT2D eigenvalue weighted by molar-refractivity contribution is 0.0817. The Morgan fingerprint density at radius 3 is 2.45 bits per heavy atom. The minimum atomic E-state index is -0.0313. The zero-order valence-corrected chi connectivity index (χ0v) is 8.23. The lowest BCUT2D eigenvalue weighted by atomic mass is 9.82. The SMILES string of the molecule is CC(C)SCC(O)C1CCC1. The van der Waals surface area contributed by atoms with Gasteiger partial charge in [-0.1, -0.05) is 20.3 Å². The maximum absolute atomic E-state index is 9.60. The molecule has 1 fully saturated rings. The molecule has 0 bridgehead atoms. The van der Waals surface area contributed by atoms with Gasteiger partial charge in [0.1, 0.15) is 0 Å². The van der Waals surface area contributed by atoms with Crippen molar-refractivity contribution in [2.45, 2.75) is 44.5 Å². The number of hydrogen-bond donors (Lipinski definition) is 1. The largest absolute Gasteiger partial charge is 0.392 e. The predicted octanol–water partition coefficient (Wildman–Crippen LogP) is 2.29. The van der Waals surface area contributed by atoms with Gasteiger partial charge < -0.3 is 5.11 Å². The van der Waals surface area contributed by atoms with E-state index in [4.69, 9.17) is 0 Å². The molecule has 1 rings (SSSR count). The van der Waals surface area contributed by atoms with E-state index in [1.54, 1.807) is 0 Å². The molecule has 1 atom stereocenters. The quantitative estimate of drug-likeness (QED) is 0.705. The lowest BCUT2D eigenvalue weighted by Crippen LogP contribution is -2.28. The highest BCUT2D eigenvalue weighted by molar-refractivity contribution is 7.99. The molecule has 1 saturated carbocycles. The molecule has 0 spiro atoms. The molecule has 1 nitrogen and oxygen atoms in total. The Morgan fingerprint density at radius 2 is 2.09 bits per heavy atom. The van der Waals surface area contributed by atoms with Gasteiger partial charge in [0.15, 0.2) is 0 Å². The molecule has 1 aliphatic carbocycles. The molecular weight excluding hydrogens is 156 g/mol. The third-order valence-corrected chi connectivity index (χ3v) is 3.49.